The minimum atomic E-state index is -4.26. The van der Waals surface area contributed by atoms with Crippen LogP contribution in [0.3, 0.4) is 0 Å². The third-order valence-corrected chi connectivity index (χ3v) is 8.17. The lowest BCUT2D eigenvalue weighted by molar-refractivity contribution is -0.140. The summed E-state index contributed by atoms with van der Waals surface area (Å²) < 4.78 is 43.1. The molecule has 1 atom stereocenters. The van der Waals surface area contributed by atoms with Crippen LogP contribution in [0.1, 0.15) is 23.6 Å². The Morgan fingerprint density at radius 2 is 1.54 bits per heavy atom. The van der Waals surface area contributed by atoms with Gasteiger partial charge in [0, 0.05) is 33.6 Å². The number of likely N-dealkylation sites (N-methyl/N-ethyl adjacent to an activating group) is 1. The van der Waals surface area contributed by atoms with Crippen LogP contribution in [-0.2, 0) is 32.8 Å². The van der Waals surface area contributed by atoms with Crippen LogP contribution >= 0.6 is 0 Å². The van der Waals surface area contributed by atoms with Crippen molar-refractivity contribution in [1.82, 2.24) is 14.5 Å². The molecule has 0 aliphatic rings. The van der Waals surface area contributed by atoms with Crippen LogP contribution in [0, 0.1) is 12.7 Å². The van der Waals surface area contributed by atoms with Gasteiger partial charge in [0.05, 0.1) is 5.69 Å². The largest absolute Gasteiger partial charge is 0.355 e. The topological polar surface area (TPSA) is 90.0 Å². The highest BCUT2D eigenvalue weighted by Gasteiger charge is 2.35. The number of amides is 2. The average molecular weight is 555 g/mol. The molecule has 0 saturated carbocycles. The summed E-state index contributed by atoms with van der Waals surface area (Å²) in [6.07, 6.45) is 0.213. The van der Waals surface area contributed by atoms with Gasteiger partial charge in [-0.15, -0.1) is 0 Å². The molecule has 2 amide bonds. The molecule has 8 nitrogen and oxygen atoms in total. The van der Waals surface area contributed by atoms with E-state index in [1.54, 1.807) is 6.92 Å². The Morgan fingerprint density at radius 3 is 2.15 bits per heavy atom. The number of nitrogens with zero attached hydrogens (tertiary/aromatic N) is 3. The van der Waals surface area contributed by atoms with Gasteiger partial charge in [-0.3, -0.25) is 9.59 Å². The lowest BCUT2D eigenvalue weighted by atomic mass is 10.0. The summed E-state index contributed by atoms with van der Waals surface area (Å²) in [5, 5.41) is 2.81. The van der Waals surface area contributed by atoms with Crippen LogP contribution in [0.5, 0.6) is 0 Å². The average Bonchev–Trinajstić information content (AvgIpc) is 2.91. The molecule has 0 heterocycles. The molecule has 0 radical (unpaired) electrons. The summed E-state index contributed by atoms with van der Waals surface area (Å²) in [4.78, 5) is 28.8. The second kappa shape index (κ2) is 13.3. The number of benzene rings is 3. The monoisotopic (exact) mass is 554 g/mol. The van der Waals surface area contributed by atoms with E-state index in [0.29, 0.717) is 6.54 Å². The first kappa shape index (κ1) is 29.8. The van der Waals surface area contributed by atoms with Crippen LogP contribution in [0.25, 0.3) is 0 Å². The fourth-order valence-corrected chi connectivity index (χ4v) is 5.24. The van der Waals surface area contributed by atoms with Crippen molar-refractivity contribution in [2.75, 3.05) is 31.5 Å². The number of carbonyl (C=O) groups excluding carboxylic acids is 2. The summed E-state index contributed by atoms with van der Waals surface area (Å²) in [6, 6.07) is 21.2. The number of aryl methyl sites for hydroxylation is 1. The summed E-state index contributed by atoms with van der Waals surface area (Å²) in [5.41, 5.74) is 2.30. The molecule has 0 aliphatic heterocycles. The number of halogens is 1. The van der Waals surface area contributed by atoms with Gasteiger partial charge in [-0.2, -0.15) is 12.7 Å². The lowest BCUT2D eigenvalue weighted by Gasteiger charge is -2.34. The van der Waals surface area contributed by atoms with Crippen molar-refractivity contribution in [2.24, 2.45) is 0 Å². The molecular weight excluding hydrogens is 519 g/mol. The number of para-hydroxylation sites is 1. The predicted octanol–water partition coefficient (Wildman–Crippen LogP) is 3.52. The van der Waals surface area contributed by atoms with Crippen molar-refractivity contribution in [1.29, 1.82) is 0 Å². The molecule has 0 unspecified atom stereocenters. The molecule has 0 spiro atoms. The number of rotatable bonds is 12. The standard InChI is InChI=1S/C29H35FN4O4S/c1-5-31-29(36)27(19-23-14-7-6-8-15-23)33(20-24-16-10-9-13-22(24)2)28(35)21-34(39(37,38)32(3)4)26-18-12-11-17-25(26)30/h6-18,27H,5,19-21H2,1-4H3,(H,31,36)/t27-/m1/s1. The fourth-order valence-electron chi connectivity index (χ4n) is 4.17. The summed E-state index contributed by atoms with van der Waals surface area (Å²) in [7, 11) is -1.64. The van der Waals surface area contributed by atoms with Gasteiger partial charge in [-0.05, 0) is 42.7 Å². The first-order chi connectivity index (χ1) is 18.6. The Bertz CT molecular complexity index is 1380. The number of nitrogens with one attached hydrogen (secondary N) is 1. The van der Waals surface area contributed by atoms with E-state index in [-0.39, 0.29) is 24.6 Å². The van der Waals surface area contributed by atoms with E-state index in [9.17, 15) is 22.4 Å². The minimum Gasteiger partial charge on any atom is -0.355 e. The first-order valence-corrected chi connectivity index (χ1v) is 14.1. The van der Waals surface area contributed by atoms with Gasteiger partial charge >= 0.3 is 10.2 Å². The summed E-state index contributed by atoms with van der Waals surface area (Å²) in [6.45, 7) is 3.41. The van der Waals surface area contributed by atoms with Gasteiger partial charge in [-0.25, -0.2) is 8.70 Å². The molecule has 3 rings (SSSR count). The summed E-state index contributed by atoms with van der Waals surface area (Å²) >= 11 is 0. The third-order valence-electron chi connectivity index (χ3n) is 6.36. The number of hydrogen-bond acceptors (Lipinski definition) is 4. The van der Waals surface area contributed by atoms with E-state index in [1.165, 1.54) is 37.2 Å². The fraction of sp³-hybridized carbons (Fsp3) is 0.310. The van der Waals surface area contributed by atoms with Crippen molar-refractivity contribution in [3.8, 4) is 0 Å². The number of hydrogen-bond donors (Lipinski definition) is 1. The maximum absolute atomic E-state index is 14.8. The second-order valence-corrected chi connectivity index (χ2v) is 11.4. The Kier molecular flexibility index (Phi) is 10.2. The highest BCUT2D eigenvalue weighted by molar-refractivity contribution is 7.90. The van der Waals surface area contributed by atoms with E-state index >= 15 is 0 Å². The van der Waals surface area contributed by atoms with Crippen molar-refractivity contribution >= 4 is 27.7 Å². The molecular formula is C29H35FN4O4S. The highest BCUT2D eigenvalue weighted by atomic mass is 32.2. The van der Waals surface area contributed by atoms with E-state index < -0.39 is 34.5 Å². The Balaban J connectivity index is 2.10. The lowest BCUT2D eigenvalue weighted by Crippen LogP contribution is -2.54. The summed E-state index contributed by atoms with van der Waals surface area (Å²) in [5.74, 6) is -1.79. The molecule has 3 aromatic carbocycles. The van der Waals surface area contributed by atoms with Gasteiger partial charge in [0.2, 0.25) is 11.8 Å². The van der Waals surface area contributed by atoms with Gasteiger partial charge in [-0.1, -0.05) is 66.7 Å². The van der Waals surface area contributed by atoms with Crippen molar-refractivity contribution in [3.05, 3.63) is 101 Å². The molecule has 208 valence electrons. The molecule has 1 N–H and O–H groups in total. The van der Waals surface area contributed by atoms with E-state index in [0.717, 1.165) is 31.4 Å². The Hall–Kier alpha value is -3.76. The molecule has 0 bridgehead atoms. The van der Waals surface area contributed by atoms with Crippen molar-refractivity contribution in [2.45, 2.75) is 32.9 Å². The molecule has 39 heavy (non-hydrogen) atoms. The van der Waals surface area contributed by atoms with Gasteiger partial charge in [0.25, 0.3) is 0 Å². The van der Waals surface area contributed by atoms with E-state index in [2.05, 4.69) is 5.32 Å². The maximum Gasteiger partial charge on any atom is 0.304 e. The van der Waals surface area contributed by atoms with Crippen LogP contribution in [0.15, 0.2) is 78.9 Å². The van der Waals surface area contributed by atoms with Gasteiger partial charge < -0.3 is 10.2 Å². The van der Waals surface area contributed by atoms with Crippen molar-refractivity contribution < 1.29 is 22.4 Å². The Morgan fingerprint density at radius 1 is 0.923 bits per heavy atom. The van der Waals surface area contributed by atoms with Crippen LogP contribution in [0.2, 0.25) is 0 Å². The zero-order chi connectivity index (χ0) is 28.6. The zero-order valence-electron chi connectivity index (χ0n) is 22.7. The molecule has 3 aromatic rings. The quantitative estimate of drug-likeness (QED) is 0.371. The molecule has 0 aromatic heterocycles. The molecule has 10 heteroatoms. The van der Waals surface area contributed by atoms with Gasteiger partial charge in [0.15, 0.2) is 0 Å². The third kappa shape index (κ3) is 7.42. The predicted molar refractivity (Wildman–Crippen MR) is 151 cm³/mol. The number of carbonyl (C=O) groups is 2. The molecule has 0 saturated heterocycles. The van der Waals surface area contributed by atoms with Crippen molar-refractivity contribution in [3.63, 3.8) is 0 Å². The van der Waals surface area contributed by atoms with E-state index in [1.807, 2.05) is 61.5 Å². The Labute approximate surface area is 230 Å². The second-order valence-electron chi connectivity index (χ2n) is 9.30. The molecule has 0 aliphatic carbocycles. The normalized spacial score (nSPS) is 12.2. The number of anilines is 1. The highest BCUT2D eigenvalue weighted by Crippen LogP contribution is 2.24. The SMILES string of the molecule is CCNC(=O)[C@@H](Cc1ccccc1)N(Cc1ccccc1C)C(=O)CN(c1ccccc1F)S(=O)(=O)N(C)C. The van der Waals surface area contributed by atoms with Crippen LogP contribution < -0.4 is 9.62 Å². The first-order valence-electron chi connectivity index (χ1n) is 12.7. The zero-order valence-corrected chi connectivity index (χ0v) is 23.5. The van der Waals surface area contributed by atoms with Crippen LogP contribution in [0.4, 0.5) is 10.1 Å². The van der Waals surface area contributed by atoms with Gasteiger partial charge in [0.1, 0.15) is 18.4 Å². The maximum atomic E-state index is 14.8. The van der Waals surface area contributed by atoms with E-state index in [4.69, 9.17) is 0 Å². The minimum absolute atomic E-state index is 0.0628. The smallest absolute Gasteiger partial charge is 0.304 e. The van der Waals surface area contributed by atoms with Crippen LogP contribution in [-0.4, -0.2) is 62.7 Å². The molecule has 0 fully saturated rings.